The van der Waals surface area contributed by atoms with E-state index in [1.54, 1.807) is 6.92 Å². The lowest BCUT2D eigenvalue weighted by atomic mass is 10.9. The van der Waals surface area contributed by atoms with Crippen molar-refractivity contribution >= 4 is 20.1 Å². The van der Waals surface area contributed by atoms with Gasteiger partial charge in [0.2, 0.25) is 0 Å². The van der Waals surface area contributed by atoms with Crippen LogP contribution in [0.3, 0.4) is 0 Å². The van der Waals surface area contributed by atoms with Gasteiger partial charge in [-0.2, -0.15) is 12.6 Å². The van der Waals surface area contributed by atoms with Gasteiger partial charge >= 0.3 is 0 Å². The molecule has 0 fully saturated rings. The second-order valence-electron chi connectivity index (χ2n) is 1.36. The van der Waals surface area contributed by atoms with Crippen LogP contribution < -0.4 is 5.50 Å². The zero-order valence-corrected chi connectivity index (χ0v) is 6.94. The SMILES string of the molecule is CCOP(N)(=O)/C=C\S. The zero-order chi connectivity index (χ0) is 7.33. The molecule has 0 radical (unpaired) electrons. The standard InChI is InChI=1S/C4H10NO2PS/c1-2-7-8(5,6)3-4-9/h3-4,9H,2H2,1H3,(H2,5,6)/b4-3-. The first kappa shape index (κ1) is 9.24. The fraction of sp³-hybridized carbons (Fsp3) is 0.500. The van der Waals surface area contributed by atoms with E-state index >= 15 is 0 Å². The van der Waals surface area contributed by atoms with Gasteiger partial charge in [0, 0.05) is 5.82 Å². The average molecular weight is 167 g/mol. The molecule has 2 N–H and O–H groups in total. The van der Waals surface area contributed by atoms with Crippen molar-refractivity contribution in [2.75, 3.05) is 6.61 Å². The third kappa shape index (κ3) is 4.73. The molecule has 0 bridgehead atoms. The molecule has 0 spiro atoms. The molecule has 0 aliphatic heterocycles. The Morgan fingerprint density at radius 2 is 2.44 bits per heavy atom. The van der Waals surface area contributed by atoms with Crippen molar-refractivity contribution in [3.63, 3.8) is 0 Å². The number of hydrogen-bond donors (Lipinski definition) is 2. The Hall–Kier alpha value is 0.240. The Morgan fingerprint density at radius 1 is 1.89 bits per heavy atom. The molecule has 3 nitrogen and oxygen atoms in total. The van der Waals surface area contributed by atoms with E-state index in [1.807, 2.05) is 0 Å². The van der Waals surface area contributed by atoms with Crippen LogP contribution in [0.5, 0.6) is 0 Å². The summed E-state index contributed by atoms with van der Waals surface area (Å²) in [5.41, 5.74) is 5.14. The van der Waals surface area contributed by atoms with Crippen LogP contribution in [0.1, 0.15) is 6.92 Å². The Bertz CT molecular complexity index is 148. The summed E-state index contributed by atoms with van der Waals surface area (Å²) in [6.07, 6.45) is 0. The van der Waals surface area contributed by atoms with Gasteiger partial charge in [-0.05, 0) is 12.3 Å². The molecule has 0 amide bonds. The molecule has 0 aromatic heterocycles. The van der Waals surface area contributed by atoms with E-state index < -0.39 is 7.52 Å². The molecule has 0 saturated heterocycles. The van der Waals surface area contributed by atoms with Gasteiger partial charge in [0.15, 0.2) is 0 Å². The molecule has 0 aliphatic rings. The second kappa shape index (κ2) is 4.12. The molecule has 54 valence electrons. The largest absolute Gasteiger partial charge is 0.315 e. The normalized spacial score (nSPS) is 18.1. The fourth-order valence-corrected chi connectivity index (χ4v) is 1.57. The molecule has 0 aromatic rings. The second-order valence-corrected chi connectivity index (χ2v) is 3.51. The molecule has 9 heavy (non-hydrogen) atoms. The molecular formula is C4H10NO2PS. The van der Waals surface area contributed by atoms with E-state index in [1.165, 1.54) is 11.2 Å². The summed E-state index contributed by atoms with van der Waals surface area (Å²) in [5.74, 6) is 1.25. The third-order valence-corrected chi connectivity index (χ3v) is 2.22. The van der Waals surface area contributed by atoms with Crippen LogP contribution in [-0.4, -0.2) is 6.61 Å². The van der Waals surface area contributed by atoms with Crippen molar-refractivity contribution in [1.29, 1.82) is 0 Å². The van der Waals surface area contributed by atoms with Crippen molar-refractivity contribution < 1.29 is 9.09 Å². The van der Waals surface area contributed by atoms with Gasteiger partial charge in [-0.15, -0.1) is 0 Å². The highest BCUT2D eigenvalue weighted by atomic mass is 32.1. The predicted molar refractivity (Wildman–Crippen MR) is 41.5 cm³/mol. The highest BCUT2D eigenvalue weighted by Crippen LogP contribution is 2.38. The monoisotopic (exact) mass is 167 g/mol. The van der Waals surface area contributed by atoms with E-state index in [0.717, 1.165) is 0 Å². The topological polar surface area (TPSA) is 52.3 Å². The van der Waals surface area contributed by atoms with Crippen LogP contribution in [0.4, 0.5) is 0 Å². The number of nitrogens with two attached hydrogens (primary N) is 1. The lowest BCUT2D eigenvalue weighted by molar-refractivity contribution is 0.340. The lowest BCUT2D eigenvalue weighted by Crippen LogP contribution is -1.95. The summed E-state index contributed by atoms with van der Waals surface area (Å²) in [4.78, 5) is 0. The Balaban J connectivity index is 3.87. The van der Waals surface area contributed by atoms with Gasteiger partial charge in [0.1, 0.15) is 0 Å². The van der Waals surface area contributed by atoms with Crippen molar-refractivity contribution in [3.05, 3.63) is 11.2 Å². The maximum absolute atomic E-state index is 10.8. The molecule has 1 unspecified atom stereocenters. The van der Waals surface area contributed by atoms with Gasteiger partial charge in [-0.3, -0.25) is 10.1 Å². The van der Waals surface area contributed by atoms with Crippen molar-refractivity contribution in [3.8, 4) is 0 Å². The van der Waals surface area contributed by atoms with Gasteiger partial charge in [-0.1, -0.05) is 0 Å². The quantitative estimate of drug-likeness (QED) is 0.495. The average Bonchev–Trinajstić information content (AvgIpc) is 1.64. The van der Waals surface area contributed by atoms with Gasteiger partial charge in [-0.25, -0.2) is 0 Å². The lowest BCUT2D eigenvalue weighted by Gasteiger charge is -2.04. The van der Waals surface area contributed by atoms with E-state index in [2.05, 4.69) is 17.2 Å². The third-order valence-electron chi connectivity index (χ3n) is 0.605. The van der Waals surface area contributed by atoms with Gasteiger partial charge in [0.05, 0.1) is 6.61 Å². The molecule has 5 heteroatoms. The van der Waals surface area contributed by atoms with E-state index in [-0.39, 0.29) is 0 Å². The summed E-state index contributed by atoms with van der Waals surface area (Å²) in [6.45, 7) is 2.08. The Labute approximate surface area is 60.2 Å². The van der Waals surface area contributed by atoms with Gasteiger partial charge < -0.3 is 4.52 Å². The smallest absolute Gasteiger partial charge is 0.290 e. The molecule has 0 aromatic carbocycles. The Morgan fingerprint density at radius 3 is 2.78 bits per heavy atom. The van der Waals surface area contributed by atoms with Crippen LogP contribution in [0.2, 0.25) is 0 Å². The first-order valence-electron chi connectivity index (χ1n) is 2.47. The maximum Gasteiger partial charge on any atom is 0.290 e. The van der Waals surface area contributed by atoms with E-state index in [4.69, 9.17) is 5.50 Å². The highest BCUT2D eigenvalue weighted by Gasteiger charge is 2.08. The molecule has 0 rings (SSSR count). The number of hydrogen-bond acceptors (Lipinski definition) is 3. The minimum atomic E-state index is -2.95. The van der Waals surface area contributed by atoms with Crippen LogP contribution in [0.25, 0.3) is 0 Å². The first-order valence-corrected chi connectivity index (χ1v) is 4.75. The first-order chi connectivity index (χ1) is 4.12. The van der Waals surface area contributed by atoms with Crippen LogP contribution in [0, 0.1) is 0 Å². The summed E-state index contributed by atoms with van der Waals surface area (Å²) < 4.78 is 15.5. The molecule has 1 atom stereocenters. The molecule has 0 heterocycles. The van der Waals surface area contributed by atoms with Gasteiger partial charge in [0.25, 0.3) is 7.52 Å². The fourth-order valence-electron chi connectivity index (χ4n) is 0.338. The van der Waals surface area contributed by atoms with Crippen LogP contribution in [0.15, 0.2) is 11.2 Å². The van der Waals surface area contributed by atoms with Crippen molar-refractivity contribution in [2.24, 2.45) is 5.50 Å². The Kier molecular flexibility index (Phi) is 4.23. The van der Waals surface area contributed by atoms with Crippen LogP contribution in [-0.2, 0) is 9.09 Å². The molecule has 0 aliphatic carbocycles. The summed E-state index contributed by atoms with van der Waals surface area (Å²) in [7, 11) is -2.95. The zero-order valence-electron chi connectivity index (χ0n) is 5.15. The van der Waals surface area contributed by atoms with Crippen molar-refractivity contribution in [1.82, 2.24) is 0 Å². The highest BCUT2D eigenvalue weighted by molar-refractivity contribution is 7.83. The molecule has 0 saturated carbocycles. The van der Waals surface area contributed by atoms with Crippen molar-refractivity contribution in [2.45, 2.75) is 6.92 Å². The summed E-state index contributed by atoms with van der Waals surface area (Å²) >= 11 is 3.69. The summed E-state index contributed by atoms with van der Waals surface area (Å²) in [5, 5.41) is 1.32. The molecular weight excluding hydrogens is 157 g/mol. The number of thiol groups is 1. The van der Waals surface area contributed by atoms with E-state index in [0.29, 0.717) is 6.61 Å². The summed E-state index contributed by atoms with van der Waals surface area (Å²) in [6, 6.07) is 0. The maximum atomic E-state index is 10.8. The predicted octanol–water partition coefficient (Wildman–Crippen LogP) is 1.58. The number of rotatable bonds is 3. The van der Waals surface area contributed by atoms with Crippen LogP contribution >= 0.6 is 20.1 Å². The minimum Gasteiger partial charge on any atom is -0.315 e. The van der Waals surface area contributed by atoms with E-state index in [9.17, 15) is 4.57 Å². The minimum absolute atomic E-state index is 0.353.